The minimum Gasteiger partial charge on any atom is -0.493 e. The zero-order valence-electron chi connectivity index (χ0n) is 17.2. The van der Waals surface area contributed by atoms with E-state index in [1.54, 1.807) is 18.2 Å². The number of benzene rings is 2. The second kappa shape index (κ2) is 9.59. The van der Waals surface area contributed by atoms with Crippen molar-refractivity contribution < 1.29 is 19.1 Å². The molecular weight excluding hydrogens is 366 g/mol. The molecule has 0 aromatic heterocycles. The summed E-state index contributed by atoms with van der Waals surface area (Å²) in [4.78, 5) is 25.6. The lowest BCUT2D eigenvalue weighted by atomic mass is 9.78. The van der Waals surface area contributed by atoms with Crippen LogP contribution in [0.4, 0.5) is 5.69 Å². The number of rotatable bonds is 8. The quantitative estimate of drug-likeness (QED) is 0.499. The summed E-state index contributed by atoms with van der Waals surface area (Å²) in [5, 5.41) is 3.03. The SMILES string of the molecule is CCCCOc1ccc(NC(=O)C2(c3ccccc3)CCCC2)cc1C(=O)OC. The summed E-state index contributed by atoms with van der Waals surface area (Å²) in [5.74, 6) is -0.0372. The smallest absolute Gasteiger partial charge is 0.341 e. The Hall–Kier alpha value is -2.82. The molecule has 0 heterocycles. The molecule has 1 amide bonds. The molecule has 1 saturated carbocycles. The van der Waals surface area contributed by atoms with Crippen molar-refractivity contribution in [1.82, 2.24) is 0 Å². The summed E-state index contributed by atoms with van der Waals surface area (Å²) in [5.41, 5.74) is 1.41. The van der Waals surface area contributed by atoms with Crippen molar-refractivity contribution in [1.29, 1.82) is 0 Å². The molecule has 0 radical (unpaired) electrons. The third-order valence-electron chi connectivity index (χ3n) is 5.62. The van der Waals surface area contributed by atoms with E-state index in [0.29, 0.717) is 23.6 Å². The number of carbonyl (C=O) groups is 2. The van der Waals surface area contributed by atoms with Crippen LogP contribution in [0.1, 0.15) is 61.4 Å². The minimum absolute atomic E-state index is 0.0309. The molecule has 3 rings (SSSR count). The van der Waals surface area contributed by atoms with E-state index in [1.807, 2.05) is 30.3 Å². The molecule has 2 aromatic rings. The highest BCUT2D eigenvalue weighted by Crippen LogP contribution is 2.42. The molecule has 5 nitrogen and oxygen atoms in total. The number of hydrogen-bond acceptors (Lipinski definition) is 4. The van der Waals surface area contributed by atoms with E-state index >= 15 is 0 Å². The normalized spacial score (nSPS) is 15.0. The van der Waals surface area contributed by atoms with E-state index in [4.69, 9.17) is 9.47 Å². The van der Waals surface area contributed by atoms with Crippen LogP contribution in [0.2, 0.25) is 0 Å². The van der Waals surface area contributed by atoms with Gasteiger partial charge in [0.05, 0.1) is 19.1 Å². The van der Waals surface area contributed by atoms with Crippen molar-refractivity contribution in [3.63, 3.8) is 0 Å². The van der Waals surface area contributed by atoms with Crippen LogP contribution in [-0.2, 0) is 14.9 Å². The summed E-state index contributed by atoms with van der Waals surface area (Å²) < 4.78 is 10.6. The molecule has 5 heteroatoms. The molecule has 2 aromatic carbocycles. The fourth-order valence-electron chi connectivity index (χ4n) is 3.96. The lowest BCUT2D eigenvalue weighted by Crippen LogP contribution is -2.38. The van der Waals surface area contributed by atoms with Crippen molar-refractivity contribution in [2.45, 2.75) is 50.9 Å². The van der Waals surface area contributed by atoms with Gasteiger partial charge in [-0.1, -0.05) is 56.5 Å². The number of hydrogen-bond donors (Lipinski definition) is 1. The fourth-order valence-corrected chi connectivity index (χ4v) is 3.96. The zero-order chi connectivity index (χ0) is 20.7. The Balaban J connectivity index is 1.84. The van der Waals surface area contributed by atoms with Gasteiger partial charge in [0, 0.05) is 5.69 Å². The maximum Gasteiger partial charge on any atom is 0.341 e. The zero-order valence-corrected chi connectivity index (χ0v) is 17.2. The second-order valence-corrected chi connectivity index (χ2v) is 7.51. The van der Waals surface area contributed by atoms with Gasteiger partial charge in [-0.15, -0.1) is 0 Å². The first kappa shape index (κ1) is 20.9. The molecule has 1 aliphatic carbocycles. The number of esters is 1. The molecule has 0 atom stereocenters. The van der Waals surface area contributed by atoms with Crippen molar-refractivity contribution in [3.05, 3.63) is 59.7 Å². The van der Waals surface area contributed by atoms with Crippen molar-refractivity contribution >= 4 is 17.6 Å². The molecule has 0 spiro atoms. The maximum absolute atomic E-state index is 13.3. The van der Waals surface area contributed by atoms with Gasteiger partial charge < -0.3 is 14.8 Å². The largest absolute Gasteiger partial charge is 0.493 e. The summed E-state index contributed by atoms with van der Waals surface area (Å²) >= 11 is 0. The van der Waals surface area contributed by atoms with E-state index in [0.717, 1.165) is 44.1 Å². The molecule has 29 heavy (non-hydrogen) atoms. The molecule has 0 bridgehead atoms. The predicted molar refractivity (Wildman–Crippen MR) is 113 cm³/mol. The lowest BCUT2D eigenvalue weighted by Gasteiger charge is -2.28. The fraction of sp³-hybridized carbons (Fsp3) is 0.417. The van der Waals surface area contributed by atoms with Crippen LogP contribution in [0, 0.1) is 0 Å². The Morgan fingerprint density at radius 2 is 1.79 bits per heavy atom. The van der Waals surface area contributed by atoms with Gasteiger partial charge in [0.1, 0.15) is 11.3 Å². The first-order valence-electron chi connectivity index (χ1n) is 10.3. The molecule has 0 aliphatic heterocycles. The molecule has 0 unspecified atom stereocenters. The van der Waals surface area contributed by atoms with E-state index in [-0.39, 0.29) is 5.91 Å². The summed E-state index contributed by atoms with van der Waals surface area (Å²) in [6.45, 7) is 2.61. The number of ether oxygens (including phenoxy) is 2. The average Bonchev–Trinajstić information content (AvgIpc) is 3.26. The third-order valence-corrected chi connectivity index (χ3v) is 5.62. The van der Waals surface area contributed by atoms with Gasteiger partial charge in [-0.2, -0.15) is 0 Å². The van der Waals surface area contributed by atoms with Gasteiger partial charge in [-0.25, -0.2) is 4.79 Å². The monoisotopic (exact) mass is 395 g/mol. The van der Waals surface area contributed by atoms with E-state index < -0.39 is 11.4 Å². The van der Waals surface area contributed by atoms with E-state index in [1.165, 1.54) is 7.11 Å². The van der Waals surface area contributed by atoms with Crippen molar-refractivity contribution in [3.8, 4) is 5.75 Å². The van der Waals surface area contributed by atoms with Gasteiger partial charge >= 0.3 is 5.97 Å². The Morgan fingerprint density at radius 1 is 1.07 bits per heavy atom. The minimum atomic E-state index is -0.525. The Labute approximate surface area is 172 Å². The Morgan fingerprint density at radius 3 is 2.45 bits per heavy atom. The number of unbranched alkanes of at least 4 members (excludes halogenated alkanes) is 1. The van der Waals surface area contributed by atoms with Crippen molar-refractivity contribution in [2.75, 3.05) is 19.0 Å². The highest BCUT2D eigenvalue weighted by molar-refractivity contribution is 6.01. The first-order chi connectivity index (χ1) is 14.1. The lowest BCUT2D eigenvalue weighted by molar-refractivity contribution is -0.121. The van der Waals surface area contributed by atoms with Crippen LogP contribution < -0.4 is 10.1 Å². The number of nitrogens with one attached hydrogen (secondary N) is 1. The van der Waals surface area contributed by atoms with E-state index in [2.05, 4.69) is 12.2 Å². The number of anilines is 1. The van der Waals surface area contributed by atoms with Gasteiger partial charge in [0.25, 0.3) is 0 Å². The first-order valence-corrected chi connectivity index (χ1v) is 10.3. The topological polar surface area (TPSA) is 64.6 Å². The van der Waals surface area contributed by atoms with Gasteiger partial charge in [-0.3, -0.25) is 4.79 Å². The number of carbonyl (C=O) groups excluding carboxylic acids is 2. The summed E-state index contributed by atoms with van der Waals surface area (Å²) in [7, 11) is 1.34. The Kier molecular flexibility index (Phi) is 6.91. The highest BCUT2D eigenvalue weighted by Gasteiger charge is 2.42. The van der Waals surface area contributed by atoms with Crippen LogP contribution in [0.5, 0.6) is 5.75 Å². The summed E-state index contributed by atoms with van der Waals surface area (Å²) in [6, 6.07) is 15.1. The van der Waals surface area contributed by atoms with E-state index in [9.17, 15) is 9.59 Å². The van der Waals surface area contributed by atoms with Crippen LogP contribution in [-0.4, -0.2) is 25.6 Å². The molecule has 1 N–H and O–H groups in total. The van der Waals surface area contributed by atoms with Gasteiger partial charge in [0.15, 0.2) is 0 Å². The Bertz CT molecular complexity index is 841. The maximum atomic E-state index is 13.3. The molecule has 1 fully saturated rings. The van der Waals surface area contributed by atoms with Crippen LogP contribution in [0.15, 0.2) is 48.5 Å². The van der Waals surface area contributed by atoms with Gasteiger partial charge in [-0.05, 0) is 43.0 Å². The molecule has 154 valence electrons. The van der Waals surface area contributed by atoms with Gasteiger partial charge in [0.2, 0.25) is 5.91 Å². The number of methoxy groups -OCH3 is 1. The van der Waals surface area contributed by atoms with Crippen LogP contribution >= 0.6 is 0 Å². The van der Waals surface area contributed by atoms with Crippen LogP contribution in [0.3, 0.4) is 0 Å². The molecular formula is C24H29NO4. The molecule has 1 aliphatic rings. The van der Waals surface area contributed by atoms with Crippen LogP contribution in [0.25, 0.3) is 0 Å². The second-order valence-electron chi connectivity index (χ2n) is 7.51. The molecule has 0 saturated heterocycles. The summed E-state index contributed by atoms with van der Waals surface area (Å²) in [6.07, 6.45) is 5.61. The highest BCUT2D eigenvalue weighted by atomic mass is 16.5. The predicted octanol–water partition coefficient (Wildman–Crippen LogP) is 5.10. The number of amides is 1. The third kappa shape index (κ3) is 4.61. The average molecular weight is 395 g/mol. The standard InChI is InChI=1S/C24H29NO4/c1-3-4-16-29-21-13-12-19(17-20(21)22(26)28-2)25-23(27)24(14-8-9-15-24)18-10-6-5-7-11-18/h5-7,10-13,17H,3-4,8-9,14-16H2,1-2H3,(H,25,27). The van der Waals surface area contributed by atoms with Crippen molar-refractivity contribution in [2.24, 2.45) is 0 Å².